The fourth-order valence-electron chi connectivity index (χ4n) is 2.84. The van der Waals surface area contributed by atoms with Crippen LogP contribution in [0, 0.1) is 6.92 Å². The van der Waals surface area contributed by atoms with E-state index in [1.54, 1.807) is 14.0 Å². The van der Waals surface area contributed by atoms with Crippen molar-refractivity contribution in [2.24, 2.45) is 7.05 Å². The Bertz CT molecular complexity index is 1130. The van der Waals surface area contributed by atoms with Crippen LogP contribution >= 0.6 is 11.3 Å². The number of nitrogens with zero attached hydrogens (tertiary/aromatic N) is 5. The standard InChI is InChI=1S/C19H15N5O2S/c1-11-16(19(25)26)27-18(20-11)13-8-9-14(12-6-4-3-5-7-12)15(10-13)17-21-23-24(2)22-17/h3-10H,1-2H3,(H,25,26). The third-order valence-corrected chi connectivity index (χ3v) is 5.29. The zero-order valence-electron chi connectivity index (χ0n) is 14.6. The number of rotatable bonds is 4. The minimum Gasteiger partial charge on any atom is -0.477 e. The fraction of sp³-hybridized carbons (Fsp3) is 0.105. The molecule has 8 heteroatoms. The number of carbonyl (C=O) groups is 1. The van der Waals surface area contributed by atoms with E-state index in [1.165, 1.54) is 4.80 Å². The van der Waals surface area contributed by atoms with Crippen LogP contribution in [0.1, 0.15) is 15.4 Å². The Morgan fingerprint density at radius 1 is 1.07 bits per heavy atom. The van der Waals surface area contributed by atoms with Crippen molar-refractivity contribution < 1.29 is 9.90 Å². The predicted octanol–water partition coefficient (Wildman–Crippen LogP) is 3.67. The van der Waals surface area contributed by atoms with Crippen molar-refractivity contribution in [2.75, 3.05) is 0 Å². The summed E-state index contributed by atoms with van der Waals surface area (Å²) in [6.07, 6.45) is 0. The lowest BCUT2D eigenvalue weighted by atomic mass is 9.97. The Hall–Kier alpha value is -3.39. The molecule has 0 aliphatic rings. The molecule has 0 amide bonds. The minimum atomic E-state index is -0.965. The van der Waals surface area contributed by atoms with Crippen LogP contribution in [0.5, 0.6) is 0 Å². The molecule has 0 saturated heterocycles. The van der Waals surface area contributed by atoms with Crippen LogP contribution in [0.2, 0.25) is 0 Å². The minimum absolute atomic E-state index is 0.247. The van der Waals surface area contributed by atoms with Crippen molar-refractivity contribution in [3.05, 3.63) is 59.1 Å². The number of tetrazole rings is 1. The zero-order valence-corrected chi connectivity index (χ0v) is 15.4. The summed E-state index contributed by atoms with van der Waals surface area (Å²) in [4.78, 5) is 17.4. The van der Waals surface area contributed by atoms with E-state index >= 15 is 0 Å². The lowest BCUT2D eigenvalue weighted by Crippen LogP contribution is -1.94. The number of benzene rings is 2. The number of hydrogen-bond donors (Lipinski definition) is 1. The van der Waals surface area contributed by atoms with Crippen LogP contribution in [-0.4, -0.2) is 36.3 Å². The molecule has 0 unspecified atom stereocenters. The van der Waals surface area contributed by atoms with Gasteiger partial charge in [-0.2, -0.15) is 4.80 Å². The molecule has 134 valence electrons. The summed E-state index contributed by atoms with van der Waals surface area (Å²) in [7, 11) is 1.71. The number of thiazole rings is 1. The molecule has 4 aromatic rings. The Labute approximate surface area is 158 Å². The SMILES string of the molecule is Cc1nc(-c2ccc(-c3ccccc3)c(-c3nnn(C)n3)c2)sc1C(=O)O. The van der Waals surface area contributed by atoms with Crippen molar-refractivity contribution >= 4 is 17.3 Å². The van der Waals surface area contributed by atoms with Crippen LogP contribution in [-0.2, 0) is 7.05 Å². The Morgan fingerprint density at radius 3 is 2.48 bits per heavy atom. The highest BCUT2D eigenvalue weighted by Gasteiger charge is 2.18. The number of aromatic nitrogens is 5. The van der Waals surface area contributed by atoms with Crippen molar-refractivity contribution in [1.29, 1.82) is 0 Å². The molecular formula is C19H15N5O2S. The normalized spacial score (nSPS) is 10.9. The maximum atomic E-state index is 11.3. The van der Waals surface area contributed by atoms with Gasteiger partial charge in [-0.1, -0.05) is 42.5 Å². The third kappa shape index (κ3) is 3.22. The van der Waals surface area contributed by atoms with Gasteiger partial charge in [0, 0.05) is 11.1 Å². The van der Waals surface area contributed by atoms with E-state index in [9.17, 15) is 9.90 Å². The van der Waals surface area contributed by atoms with Crippen molar-refractivity contribution in [1.82, 2.24) is 25.2 Å². The number of aryl methyl sites for hydroxylation is 2. The molecule has 0 bridgehead atoms. The number of carboxylic acid groups (broad SMARTS) is 1. The molecule has 2 aromatic heterocycles. The Kier molecular flexibility index (Phi) is 4.25. The number of carboxylic acids is 1. The van der Waals surface area contributed by atoms with Gasteiger partial charge in [0.05, 0.1) is 12.7 Å². The highest BCUT2D eigenvalue weighted by molar-refractivity contribution is 7.17. The van der Waals surface area contributed by atoms with Crippen molar-refractivity contribution in [2.45, 2.75) is 6.92 Å². The molecule has 4 rings (SSSR count). The molecule has 0 aliphatic carbocycles. The monoisotopic (exact) mass is 377 g/mol. The van der Waals surface area contributed by atoms with Crippen LogP contribution in [0.3, 0.4) is 0 Å². The van der Waals surface area contributed by atoms with E-state index in [-0.39, 0.29) is 4.88 Å². The average molecular weight is 377 g/mol. The van der Waals surface area contributed by atoms with Gasteiger partial charge in [-0.25, -0.2) is 9.78 Å². The van der Waals surface area contributed by atoms with Gasteiger partial charge < -0.3 is 5.11 Å². The maximum Gasteiger partial charge on any atom is 0.347 e. The van der Waals surface area contributed by atoms with E-state index in [4.69, 9.17) is 0 Å². The van der Waals surface area contributed by atoms with E-state index in [0.29, 0.717) is 16.5 Å². The first-order valence-corrected chi connectivity index (χ1v) is 8.99. The molecule has 0 aliphatic heterocycles. The second-order valence-corrected chi connectivity index (χ2v) is 6.97. The molecule has 27 heavy (non-hydrogen) atoms. The maximum absolute atomic E-state index is 11.3. The first-order chi connectivity index (χ1) is 13.0. The third-order valence-electron chi connectivity index (χ3n) is 4.09. The summed E-state index contributed by atoms with van der Waals surface area (Å²) in [5.74, 6) is -0.460. The largest absolute Gasteiger partial charge is 0.477 e. The van der Waals surface area contributed by atoms with Crippen LogP contribution in [0.25, 0.3) is 33.1 Å². The smallest absolute Gasteiger partial charge is 0.347 e. The summed E-state index contributed by atoms with van der Waals surface area (Å²) in [6.45, 7) is 1.70. The first kappa shape index (κ1) is 17.0. The first-order valence-electron chi connectivity index (χ1n) is 8.18. The number of aromatic carboxylic acids is 1. The summed E-state index contributed by atoms with van der Waals surface area (Å²) < 4.78 is 0. The van der Waals surface area contributed by atoms with Gasteiger partial charge in [0.25, 0.3) is 0 Å². The lowest BCUT2D eigenvalue weighted by molar-refractivity contribution is 0.0701. The molecule has 0 spiro atoms. The topological polar surface area (TPSA) is 93.8 Å². The average Bonchev–Trinajstić information content (AvgIpc) is 3.28. The van der Waals surface area contributed by atoms with Gasteiger partial charge in [-0.05, 0) is 29.3 Å². The van der Waals surface area contributed by atoms with Gasteiger partial charge in [-0.3, -0.25) is 0 Å². The second kappa shape index (κ2) is 6.73. The summed E-state index contributed by atoms with van der Waals surface area (Å²) >= 11 is 1.16. The molecule has 0 radical (unpaired) electrons. The molecule has 0 atom stereocenters. The van der Waals surface area contributed by atoms with Crippen LogP contribution in [0.4, 0.5) is 0 Å². The van der Waals surface area contributed by atoms with Gasteiger partial charge in [0.1, 0.15) is 9.88 Å². The van der Waals surface area contributed by atoms with Gasteiger partial charge in [-0.15, -0.1) is 21.5 Å². The highest BCUT2D eigenvalue weighted by Crippen LogP contribution is 2.35. The zero-order chi connectivity index (χ0) is 19.0. The molecule has 2 aromatic carbocycles. The quantitative estimate of drug-likeness (QED) is 0.583. The Balaban J connectivity index is 1.89. The second-order valence-electron chi connectivity index (χ2n) is 5.97. The van der Waals surface area contributed by atoms with Crippen molar-refractivity contribution in [3.8, 4) is 33.1 Å². The van der Waals surface area contributed by atoms with E-state index in [0.717, 1.165) is 33.6 Å². The van der Waals surface area contributed by atoms with E-state index in [1.807, 2.05) is 48.5 Å². The van der Waals surface area contributed by atoms with E-state index < -0.39 is 5.97 Å². The summed E-state index contributed by atoms with van der Waals surface area (Å²) in [5, 5.41) is 22.4. The van der Waals surface area contributed by atoms with Gasteiger partial charge in [0.15, 0.2) is 0 Å². The fourth-order valence-corrected chi connectivity index (χ4v) is 3.74. The molecular weight excluding hydrogens is 362 g/mol. The van der Waals surface area contributed by atoms with Crippen LogP contribution < -0.4 is 0 Å². The molecule has 2 heterocycles. The summed E-state index contributed by atoms with van der Waals surface area (Å²) in [6, 6.07) is 15.8. The van der Waals surface area contributed by atoms with Crippen molar-refractivity contribution in [3.63, 3.8) is 0 Å². The molecule has 0 saturated carbocycles. The summed E-state index contributed by atoms with van der Waals surface area (Å²) in [5.41, 5.74) is 4.15. The lowest BCUT2D eigenvalue weighted by Gasteiger charge is -2.09. The molecule has 0 fully saturated rings. The van der Waals surface area contributed by atoms with Gasteiger partial charge >= 0.3 is 5.97 Å². The molecule has 7 nitrogen and oxygen atoms in total. The Morgan fingerprint density at radius 2 is 1.85 bits per heavy atom. The van der Waals surface area contributed by atoms with E-state index in [2.05, 4.69) is 20.4 Å². The predicted molar refractivity (Wildman–Crippen MR) is 102 cm³/mol. The van der Waals surface area contributed by atoms with Crippen LogP contribution in [0.15, 0.2) is 48.5 Å². The van der Waals surface area contributed by atoms with Gasteiger partial charge in [0.2, 0.25) is 5.82 Å². The highest BCUT2D eigenvalue weighted by atomic mass is 32.1. The number of hydrogen-bond acceptors (Lipinski definition) is 6. The molecule has 1 N–H and O–H groups in total.